The first kappa shape index (κ1) is 115. The Hall–Kier alpha value is -14.7. The molecule has 2 aromatic carbocycles. The molecule has 51 nitrogen and oxygen atoms in total. The molecule has 2 saturated heterocycles. The number of guanidine groups is 1. The lowest BCUT2D eigenvalue weighted by molar-refractivity contribution is -0.146. The molecule has 0 unspecified atom stereocenters. The van der Waals surface area contributed by atoms with E-state index in [1.54, 1.807) is 27.7 Å². The lowest BCUT2D eigenvalue weighted by Gasteiger charge is -2.33. The molecule has 51 heteroatoms. The predicted molar refractivity (Wildman–Crippen MR) is 487 cm³/mol. The zero-order valence-corrected chi connectivity index (χ0v) is 78.3. The number of unbranched alkanes of at least 4 members (excludes halogenated alkanes) is 1. The molecule has 18 amide bonds. The average molecular weight is 1960 g/mol. The largest absolute Gasteiger partial charge is 0.481 e. The molecule has 3 aliphatic rings. The lowest BCUT2D eigenvalue weighted by atomic mass is 9.97. The molecule has 27 N–H and O–H groups in total. The Kier molecular flexibility index (Phi) is 47.4. The van der Waals surface area contributed by atoms with Gasteiger partial charge in [-0.05, 0) is 138 Å². The highest BCUT2D eigenvalue weighted by molar-refractivity contribution is 6.02. The van der Waals surface area contributed by atoms with Crippen LogP contribution in [-0.4, -0.2) is 320 Å². The van der Waals surface area contributed by atoms with Crippen LogP contribution >= 0.6 is 0 Å². The van der Waals surface area contributed by atoms with Crippen molar-refractivity contribution in [1.82, 2.24) is 94.9 Å². The molecule has 2 aliphatic heterocycles. The summed E-state index contributed by atoms with van der Waals surface area (Å²) in [4.78, 5) is 309. The van der Waals surface area contributed by atoms with Crippen LogP contribution in [0.15, 0.2) is 48.5 Å². The summed E-state index contributed by atoms with van der Waals surface area (Å²) in [5.41, 5.74) is 14.7. The maximum atomic E-state index is 14.9. The quantitative estimate of drug-likeness (QED) is 0.0167. The van der Waals surface area contributed by atoms with Gasteiger partial charge in [-0.2, -0.15) is 0 Å². The van der Waals surface area contributed by atoms with Crippen molar-refractivity contribution < 1.29 is 146 Å². The monoisotopic (exact) mass is 1960 g/mol. The molecule has 15 atom stereocenters. The number of nitrogens with one attached hydrogen (secondary N) is 17. The van der Waals surface area contributed by atoms with Crippen molar-refractivity contribution in [1.29, 1.82) is 5.41 Å². The van der Waals surface area contributed by atoms with E-state index in [4.69, 9.17) is 26.7 Å². The summed E-state index contributed by atoms with van der Waals surface area (Å²) >= 11 is 0. The SMILES string of the molecule is CC[C@H](C)[C@H](NC(=O)[C@H](CCC(=O)O)NC(=O)[C@H](CCCNC(=N)N)NC(C)=O)C(=O)NCC(=O)N[C@@H](CCC(=O)O)C(=O)N1CCC[C@H]1C(=O)N[C@H](C(=O)N1CCC[C@H]1C(=O)N[C@@H](CCCCNC(=O)CNC(=O)[C@H](C)NC(=O)OCC1c2ccccc2-c2ccccc21)C(=O)N[C@@H](CCC(N)=O)C(=O)N[C@@H](CC(C)C)C(=O)N[C@@H](CCC(=O)O)C(=O)N[C@@H](CC(=O)O)C(=O)NCC(=O)O)[C@@H](C)O. The zero-order chi connectivity index (χ0) is 104. The summed E-state index contributed by atoms with van der Waals surface area (Å²) in [6, 6.07) is -5.99. The topological polar surface area (TPSA) is 798 Å². The third kappa shape index (κ3) is 38.8. The number of hydrogen-bond acceptors (Lipinski definition) is 26. The van der Waals surface area contributed by atoms with Crippen molar-refractivity contribution in [2.24, 2.45) is 23.3 Å². The summed E-state index contributed by atoms with van der Waals surface area (Å²) in [6.45, 7) is 6.92. The second kappa shape index (κ2) is 57.4. The van der Waals surface area contributed by atoms with Crippen molar-refractivity contribution in [2.75, 3.05) is 52.4 Å². The smallest absolute Gasteiger partial charge is 0.407 e. The van der Waals surface area contributed by atoms with Gasteiger partial charge in [0.2, 0.25) is 100 Å². The van der Waals surface area contributed by atoms with Crippen LogP contribution in [-0.2, 0) is 110 Å². The van der Waals surface area contributed by atoms with Crippen molar-refractivity contribution in [3.05, 3.63) is 59.7 Å². The Morgan fingerprint density at radius 1 is 0.432 bits per heavy atom. The maximum Gasteiger partial charge on any atom is 0.407 e. The Labute approximate surface area is 798 Å². The van der Waals surface area contributed by atoms with E-state index in [-0.39, 0.29) is 115 Å². The van der Waals surface area contributed by atoms with Crippen molar-refractivity contribution in [2.45, 2.75) is 267 Å². The van der Waals surface area contributed by atoms with Gasteiger partial charge in [0.1, 0.15) is 91.7 Å². The van der Waals surface area contributed by atoms with E-state index < -0.39 is 310 Å². The van der Waals surface area contributed by atoms with Gasteiger partial charge in [-0.15, -0.1) is 0 Å². The third-order valence-electron chi connectivity index (χ3n) is 22.9. The van der Waals surface area contributed by atoms with Gasteiger partial charge >= 0.3 is 35.9 Å². The minimum absolute atomic E-state index is 0.0146. The molecular formula is C88H129N21O30. The van der Waals surface area contributed by atoms with Crippen molar-refractivity contribution in [3.63, 3.8) is 0 Å². The number of hydrogen-bond donors (Lipinski definition) is 25. The average Bonchev–Trinajstić information content (AvgIpc) is 1.61. The normalized spacial score (nSPS) is 16.3. The van der Waals surface area contributed by atoms with Crippen LogP contribution in [0, 0.1) is 17.2 Å². The molecule has 139 heavy (non-hydrogen) atoms. The summed E-state index contributed by atoms with van der Waals surface area (Å²) in [6.07, 6.45) is -9.46. The lowest BCUT2D eigenvalue weighted by Crippen LogP contribution is -2.61. The summed E-state index contributed by atoms with van der Waals surface area (Å²) in [5, 5.41) is 105. The van der Waals surface area contributed by atoms with Gasteiger partial charge < -0.3 is 142 Å². The highest BCUT2D eigenvalue weighted by Gasteiger charge is 2.45. The molecule has 766 valence electrons. The third-order valence-corrected chi connectivity index (χ3v) is 22.9. The van der Waals surface area contributed by atoms with E-state index in [0.717, 1.165) is 45.9 Å². The van der Waals surface area contributed by atoms with Crippen LogP contribution in [0.3, 0.4) is 0 Å². The summed E-state index contributed by atoms with van der Waals surface area (Å²) < 4.78 is 5.56. The van der Waals surface area contributed by atoms with Gasteiger partial charge in [0, 0.05) is 64.7 Å². The van der Waals surface area contributed by atoms with Crippen molar-refractivity contribution in [3.8, 4) is 11.1 Å². The number of aliphatic hydroxyl groups excluding tert-OH is 1. The minimum Gasteiger partial charge on any atom is -0.481 e. The Balaban J connectivity index is 1.35. The van der Waals surface area contributed by atoms with E-state index >= 15 is 0 Å². The zero-order valence-electron chi connectivity index (χ0n) is 78.3. The van der Waals surface area contributed by atoms with Crippen molar-refractivity contribution >= 4 is 142 Å². The summed E-state index contributed by atoms with van der Waals surface area (Å²) in [7, 11) is 0. The van der Waals surface area contributed by atoms with Gasteiger partial charge in [0.25, 0.3) is 0 Å². The molecule has 0 bridgehead atoms. The van der Waals surface area contributed by atoms with Gasteiger partial charge in [0.05, 0.1) is 25.6 Å². The number of carboxylic acids is 5. The number of nitrogens with two attached hydrogens (primary N) is 2. The van der Waals surface area contributed by atoms with Crippen LogP contribution < -0.4 is 96.5 Å². The number of benzene rings is 2. The molecule has 2 heterocycles. The second-order valence-corrected chi connectivity index (χ2v) is 34.3. The number of alkyl carbamates (subject to hydrolysis) is 1. The van der Waals surface area contributed by atoms with Crippen LogP contribution in [0.2, 0.25) is 0 Å². The maximum absolute atomic E-state index is 14.9. The Morgan fingerprint density at radius 3 is 1.37 bits per heavy atom. The first-order valence-corrected chi connectivity index (χ1v) is 45.6. The number of ether oxygens (including phenoxy) is 1. The number of aliphatic carboxylic acids is 5. The number of aliphatic hydroxyl groups is 1. The number of carbonyl (C=O) groups excluding carboxylic acids is 18. The summed E-state index contributed by atoms with van der Waals surface area (Å²) in [5.74, 6) is -26.8. The minimum atomic E-state index is -1.97. The molecule has 5 rings (SSSR count). The molecule has 0 saturated carbocycles. The highest BCUT2D eigenvalue weighted by atomic mass is 16.5. The number of amides is 18. The first-order valence-electron chi connectivity index (χ1n) is 45.6. The molecule has 0 radical (unpaired) electrons. The van der Waals surface area contributed by atoms with E-state index in [2.05, 4.69) is 79.8 Å². The Morgan fingerprint density at radius 2 is 0.878 bits per heavy atom. The van der Waals surface area contributed by atoms with E-state index in [9.17, 15) is 136 Å². The predicted octanol–water partition coefficient (Wildman–Crippen LogP) is -5.45. The van der Waals surface area contributed by atoms with E-state index in [1.807, 2.05) is 53.8 Å². The van der Waals surface area contributed by atoms with Gasteiger partial charge in [0.15, 0.2) is 5.96 Å². The van der Waals surface area contributed by atoms with E-state index in [0.29, 0.717) is 0 Å². The van der Waals surface area contributed by atoms with Gasteiger partial charge in [-0.25, -0.2) is 4.79 Å². The van der Waals surface area contributed by atoms with Crippen LogP contribution in [0.5, 0.6) is 0 Å². The molecule has 0 spiro atoms. The fourth-order valence-corrected chi connectivity index (χ4v) is 15.5. The fourth-order valence-electron chi connectivity index (χ4n) is 15.5. The molecular weight excluding hydrogens is 1830 g/mol. The van der Waals surface area contributed by atoms with Crippen LogP contribution in [0.25, 0.3) is 11.1 Å². The number of carbonyl (C=O) groups is 23. The fraction of sp³-hybridized carbons (Fsp3) is 0.591. The number of primary amides is 1. The second-order valence-electron chi connectivity index (χ2n) is 34.3. The standard InChI is InChI=1S/C88H129N21O30/c1-8-45(4)72(106-80(131)58(28-32-68(117)118)101-76(127)54(98-48(7)111)23-15-35-93-87(90)91)84(135)95-41-66(114)99-59(29-33-69(119)120)85(136)108-36-16-25-63(108)83(134)107-73(47(6)110)86(137)109-37-17-24-62(109)82(133)103-55(22-13-14-34-92-65(113)40-94-74(125)46(5)97-88(138)139-43-53-51-20-11-9-18-49(51)50-19-10-12-21-52(50)53)77(128)100-56(26-30-64(89)112)78(129)104-60(38-44(2)3)81(132)102-57(27-31-67(115)116)79(130)105-61(39-70(121)122)75(126)96-42-71(123)124/h9-12,18-21,44-47,53-63,72-73,110H,8,13-17,22-43H2,1-7H3,(H2,89,112)(H,92,113)(H,94,125)(H,95,135)(H,96,126)(H,97,138)(H,98,111)(H,99,114)(H,100,128)(H,101,127)(H,102,132)(H,103,133)(H,104,129)(H,105,130)(H,106,131)(H,107,134)(H,115,116)(H,117,118)(H,119,120)(H,121,122)(H,123,124)(H4,90,91,93)/t45-,46-,47+,54-,55-,56-,57-,58-,59-,60-,61-,62-,63-,72-,73-/m0/s1. The highest BCUT2D eigenvalue weighted by Crippen LogP contribution is 2.44. The molecule has 1 aliphatic carbocycles. The van der Waals surface area contributed by atoms with Crippen LogP contribution in [0.4, 0.5) is 4.79 Å². The number of carboxylic acid groups (broad SMARTS) is 5. The number of likely N-dealkylation sites (tertiary alicyclic amines) is 2. The van der Waals surface area contributed by atoms with Gasteiger partial charge in [-0.1, -0.05) is 82.6 Å². The van der Waals surface area contributed by atoms with Gasteiger partial charge in [-0.3, -0.25) is 111 Å². The Bertz CT molecular complexity index is 4740. The number of fused-ring (bicyclic) bond motifs is 3. The van der Waals surface area contributed by atoms with E-state index in [1.165, 1.54) is 6.92 Å². The molecule has 2 fully saturated rings. The number of nitrogens with zero attached hydrogens (tertiary/aromatic N) is 2. The first-order chi connectivity index (χ1) is 65.6. The number of rotatable bonds is 60. The molecule has 0 aromatic heterocycles. The van der Waals surface area contributed by atoms with Crippen LogP contribution in [0.1, 0.15) is 194 Å². The molecule has 2 aromatic rings.